The lowest BCUT2D eigenvalue weighted by Crippen LogP contribution is -2.24. The van der Waals surface area contributed by atoms with Gasteiger partial charge in [0.1, 0.15) is 11.5 Å². The van der Waals surface area contributed by atoms with Gasteiger partial charge in [-0.25, -0.2) is 0 Å². The van der Waals surface area contributed by atoms with E-state index in [0.29, 0.717) is 16.1 Å². The molecular weight excluding hydrogens is 431 g/mol. The van der Waals surface area contributed by atoms with Gasteiger partial charge in [-0.15, -0.1) is 0 Å². The smallest absolute Gasteiger partial charge is 0.450 e. The largest absolute Gasteiger partial charge is 0.508 e. The first-order valence-corrected chi connectivity index (χ1v) is 9.55. The lowest BCUT2D eigenvalue weighted by molar-refractivity contribution is -0.153. The summed E-state index contributed by atoms with van der Waals surface area (Å²) in [4.78, 5) is 12.6. The fraction of sp³-hybridized carbons (Fsp3) is 0.0870. The molecule has 31 heavy (non-hydrogen) atoms. The summed E-state index contributed by atoms with van der Waals surface area (Å²) in [6.07, 6.45) is -4.83. The third-order valence-electron chi connectivity index (χ3n) is 4.70. The number of benzene rings is 3. The van der Waals surface area contributed by atoms with Crippen LogP contribution < -0.4 is 5.32 Å². The van der Waals surface area contributed by atoms with Crippen molar-refractivity contribution in [2.45, 2.75) is 12.7 Å². The highest BCUT2D eigenvalue weighted by Gasteiger charge is 2.40. The predicted octanol–water partition coefficient (Wildman–Crippen LogP) is 6.41. The third kappa shape index (κ3) is 4.51. The number of amides is 1. The van der Waals surface area contributed by atoms with Crippen LogP contribution in [0.5, 0.6) is 5.75 Å². The number of hydrogen-bond donors (Lipinski definition) is 2. The van der Waals surface area contributed by atoms with Gasteiger partial charge < -0.3 is 14.8 Å². The first-order valence-electron chi connectivity index (χ1n) is 9.17. The minimum Gasteiger partial charge on any atom is -0.508 e. The maximum absolute atomic E-state index is 13.5. The zero-order valence-corrected chi connectivity index (χ0v) is 16.6. The van der Waals surface area contributed by atoms with Crippen molar-refractivity contribution >= 4 is 28.3 Å². The van der Waals surface area contributed by atoms with E-state index in [4.69, 9.17) is 16.0 Å². The Morgan fingerprint density at radius 2 is 1.65 bits per heavy atom. The summed E-state index contributed by atoms with van der Waals surface area (Å²) >= 11 is 5.82. The predicted molar refractivity (Wildman–Crippen MR) is 111 cm³/mol. The number of furan rings is 1. The zero-order valence-electron chi connectivity index (χ0n) is 15.8. The van der Waals surface area contributed by atoms with Gasteiger partial charge in [-0.05, 0) is 64.9 Å². The van der Waals surface area contributed by atoms with E-state index in [9.17, 15) is 23.1 Å². The van der Waals surface area contributed by atoms with Gasteiger partial charge in [0.05, 0.1) is 5.56 Å². The van der Waals surface area contributed by atoms with Gasteiger partial charge in [-0.2, -0.15) is 13.2 Å². The fourth-order valence-electron chi connectivity index (χ4n) is 3.20. The van der Waals surface area contributed by atoms with Crippen molar-refractivity contribution in [3.05, 3.63) is 88.6 Å². The van der Waals surface area contributed by atoms with Crippen LogP contribution in [-0.4, -0.2) is 11.0 Å². The van der Waals surface area contributed by atoms with Gasteiger partial charge in [0.25, 0.3) is 5.91 Å². The van der Waals surface area contributed by atoms with E-state index in [-0.39, 0.29) is 18.1 Å². The first-order chi connectivity index (χ1) is 14.7. The number of rotatable bonds is 4. The molecule has 1 amide bonds. The van der Waals surface area contributed by atoms with Gasteiger partial charge >= 0.3 is 6.18 Å². The zero-order chi connectivity index (χ0) is 22.2. The molecule has 0 fully saturated rings. The number of hydrogen-bond acceptors (Lipinski definition) is 3. The lowest BCUT2D eigenvalue weighted by atomic mass is 10.1. The van der Waals surface area contributed by atoms with Gasteiger partial charge in [0, 0.05) is 17.1 Å². The van der Waals surface area contributed by atoms with Crippen molar-refractivity contribution in [2.24, 2.45) is 0 Å². The fourth-order valence-corrected chi connectivity index (χ4v) is 3.32. The molecule has 0 bridgehead atoms. The molecule has 0 spiro atoms. The summed E-state index contributed by atoms with van der Waals surface area (Å²) < 4.78 is 45.4. The number of carbonyl (C=O) groups is 1. The topological polar surface area (TPSA) is 62.5 Å². The number of nitrogens with one attached hydrogen (secondary N) is 1. The van der Waals surface area contributed by atoms with Gasteiger partial charge in [0.2, 0.25) is 5.76 Å². The molecule has 1 aromatic heterocycles. The van der Waals surface area contributed by atoms with Crippen molar-refractivity contribution in [3.8, 4) is 17.1 Å². The van der Waals surface area contributed by atoms with Crippen molar-refractivity contribution in [2.75, 3.05) is 0 Å². The maximum atomic E-state index is 13.5. The van der Waals surface area contributed by atoms with Crippen molar-refractivity contribution in [3.63, 3.8) is 0 Å². The molecule has 0 atom stereocenters. The van der Waals surface area contributed by atoms with E-state index in [2.05, 4.69) is 5.32 Å². The Kier molecular flexibility index (Phi) is 5.37. The average Bonchev–Trinajstić information content (AvgIpc) is 3.18. The Hall–Kier alpha value is -3.45. The van der Waals surface area contributed by atoms with Gasteiger partial charge in [-0.1, -0.05) is 29.8 Å². The van der Waals surface area contributed by atoms with Crippen LogP contribution in [0.15, 0.2) is 71.1 Å². The van der Waals surface area contributed by atoms with Crippen LogP contribution in [0.25, 0.3) is 22.1 Å². The summed E-state index contributed by atoms with van der Waals surface area (Å²) in [6, 6.07) is 17.2. The minimum absolute atomic E-state index is 0.0222. The monoisotopic (exact) mass is 445 g/mol. The van der Waals surface area contributed by atoms with Crippen LogP contribution in [-0.2, 0) is 12.7 Å². The van der Waals surface area contributed by atoms with Crippen LogP contribution in [0, 0.1) is 0 Å². The second kappa shape index (κ2) is 8.00. The molecular formula is C23H15ClF3NO3. The molecule has 0 aliphatic heterocycles. The highest BCUT2D eigenvalue weighted by molar-refractivity contribution is 6.30. The molecule has 3 aromatic carbocycles. The minimum atomic E-state index is -4.83. The van der Waals surface area contributed by atoms with Crippen molar-refractivity contribution in [1.82, 2.24) is 5.32 Å². The van der Waals surface area contributed by atoms with Crippen LogP contribution in [0.2, 0.25) is 5.02 Å². The van der Waals surface area contributed by atoms with Crippen molar-refractivity contribution in [1.29, 1.82) is 0 Å². The summed E-state index contributed by atoms with van der Waals surface area (Å²) in [5.41, 5.74) is 0.469. The Bertz CT molecular complexity index is 1260. The molecule has 0 saturated heterocycles. The summed E-state index contributed by atoms with van der Waals surface area (Å²) in [5.74, 6) is -2.21. The number of halogens is 4. The Labute approximate surface area is 179 Å². The highest BCUT2D eigenvalue weighted by Crippen LogP contribution is 2.37. The Balaban J connectivity index is 1.58. The van der Waals surface area contributed by atoms with Crippen molar-refractivity contribution < 1.29 is 27.5 Å². The average molecular weight is 446 g/mol. The molecule has 0 aliphatic rings. The van der Waals surface area contributed by atoms with E-state index in [1.807, 2.05) is 0 Å². The van der Waals surface area contributed by atoms with Gasteiger partial charge in [0.15, 0.2) is 0 Å². The van der Waals surface area contributed by atoms with E-state index >= 15 is 0 Å². The SMILES string of the molecule is O=C(NCc1ccc2cc(O)ccc2c1)c1cc(-c2ccc(Cl)cc2)oc1C(F)(F)F. The normalized spacial score (nSPS) is 11.6. The molecule has 4 aromatic rings. The standard InChI is InChI=1S/C23H15ClF3NO3/c24-17-6-3-14(4-7-17)20-11-19(21(31-20)23(25,26)27)22(30)28-12-13-1-2-16-10-18(29)8-5-15(16)9-13/h1-11,29H,12H2,(H,28,30). The molecule has 1 heterocycles. The quantitative estimate of drug-likeness (QED) is 0.381. The van der Waals surface area contributed by atoms with Crippen LogP contribution in [0.1, 0.15) is 21.7 Å². The van der Waals surface area contributed by atoms with E-state index in [0.717, 1.165) is 16.8 Å². The molecule has 2 N–H and O–H groups in total. The summed E-state index contributed by atoms with van der Waals surface area (Å²) in [7, 11) is 0. The molecule has 0 saturated carbocycles. The number of aromatic hydroxyl groups is 1. The van der Waals surface area contributed by atoms with E-state index < -0.39 is 23.4 Å². The summed E-state index contributed by atoms with van der Waals surface area (Å²) in [6.45, 7) is 0.0222. The molecule has 4 nitrogen and oxygen atoms in total. The molecule has 0 radical (unpaired) electrons. The Morgan fingerprint density at radius 1 is 0.968 bits per heavy atom. The first kappa shape index (κ1) is 20.8. The van der Waals surface area contributed by atoms with Gasteiger partial charge in [-0.3, -0.25) is 4.79 Å². The molecule has 0 unspecified atom stereocenters. The van der Waals surface area contributed by atoms with E-state index in [1.165, 1.54) is 30.3 Å². The number of carbonyl (C=O) groups excluding carboxylic acids is 1. The molecule has 4 rings (SSSR count). The van der Waals surface area contributed by atoms with Crippen LogP contribution in [0.4, 0.5) is 13.2 Å². The van der Waals surface area contributed by atoms with Crippen LogP contribution >= 0.6 is 11.6 Å². The number of phenolic OH excluding ortho intramolecular Hbond substituents is 1. The second-order valence-electron chi connectivity index (χ2n) is 6.91. The maximum Gasteiger partial charge on any atom is 0.450 e. The molecule has 0 aliphatic carbocycles. The van der Waals surface area contributed by atoms with E-state index in [1.54, 1.807) is 30.3 Å². The molecule has 8 heteroatoms. The Morgan fingerprint density at radius 3 is 2.35 bits per heavy atom. The van der Waals surface area contributed by atoms with Crippen LogP contribution in [0.3, 0.4) is 0 Å². The second-order valence-corrected chi connectivity index (χ2v) is 7.34. The molecule has 158 valence electrons. The lowest BCUT2D eigenvalue weighted by Gasteiger charge is -2.08. The summed E-state index contributed by atoms with van der Waals surface area (Å²) in [5, 5.41) is 14.1. The number of phenols is 1. The third-order valence-corrected chi connectivity index (χ3v) is 4.96. The number of alkyl halides is 3. The number of fused-ring (bicyclic) bond motifs is 1. The highest BCUT2D eigenvalue weighted by atomic mass is 35.5.